The number of halogens is 1. The second-order valence-corrected chi connectivity index (χ2v) is 4.37. The fourth-order valence-electron chi connectivity index (χ4n) is 1.47. The van der Waals surface area contributed by atoms with Crippen molar-refractivity contribution in [1.29, 1.82) is 0 Å². The normalized spacial score (nSPS) is 11.9. The minimum absolute atomic E-state index is 0. The number of carbonyl (C=O) groups excluding carboxylic acids is 1. The van der Waals surface area contributed by atoms with Crippen molar-refractivity contribution in [2.45, 2.75) is 6.10 Å². The molecule has 7 heteroatoms. The summed E-state index contributed by atoms with van der Waals surface area (Å²) < 4.78 is 5.99. The summed E-state index contributed by atoms with van der Waals surface area (Å²) >= 11 is 1.53. The van der Waals surface area contributed by atoms with Crippen molar-refractivity contribution in [2.75, 3.05) is 19.0 Å². The van der Waals surface area contributed by atoms with Crippen LogP contribution in [-0.4, -0.2) is 30.6 Å². The zero-order valence-corrected chi connectivity index (χ0v) is 11.4. The molecule has 1 aromatic carbocycles. The van der Waals surface area contributed by atoms with Gasteiger partial charge in [-0.15, -0.1) is 23.7 Å². The predicted octanol–water partition coefficient (Wildman–Crippen LogP) is 1.63. The molecule has 3 N–H and O–H groups in total. The van der Waals surface area contributed by atoms with Gasteiger partial charge < -0.3 is 15.8 Å². The third-order valence-corrected chi connectivity index (χ3v) is 3.18. The van der Waals surface area contributed by atoms with Crippen LogP contribution in [0.25, 0.3) is 10.2 Å². The number of hydrogen-bond donors (Lipinski definition) is 2. The second-order valence-electron chi connectivity index (χ2n) is 3.48. The topological polar surface area (TPSA) is 77.2 Å². The molecule has 0 bridgehead atoms. The summed E-state index contributed by atoms with van der Waals surface area (Å²) in [5.74, 6) is -0.237. The zero-order chi connectivity index (χ0) is 12.3. The van der Waals surface area contributed by atoms with E-state index in [0.717, 1.165) is 15.9 Å². The number of carbonyl (C=O) groups is 1. The van der Waals surface area contributed by atoms with E-state index in [-0.39, 0.29) is 24.9 Å². The van der Waals surface area contributed by atoms with Crippen molar-refractivity contribution >= 4 is 45.6 Å². The van der Waals surface area contributed by atoms with Crippen LogP contribution < -0.4 is 11.1 Å². The van der Waals surface area contributed by atoms with E-state index in [1.54, 1.807) is 5.51 Å². The van der Waals surface area contributed by atoms with Gasteiger partial charge in [0, 0.05) is 19.3 Å². The van der Waals surface area contributed by atoms with Crippen molar-refractivity contribution in [3.63, 3.8) is 0 Å². The van der Waals surface area contributed by atoms with Crippen LogP contribution in [0.3, 0.4) is 0 Å². The van der Waals surface area contributed by atoms with E-state index < -0.39 is 6.10 Å². The van der Waals surface area contributed by atoms with Crippen LogP contribution in [0, 0.1) is 0 Å². The largest absolute Gasteiger partial charge is 0.370 e. The molecule has 1 amide bonds. The number of hydrogen-bond acceptors (Lipinski definition) is 5. The summed E-state index contributed by atoms with van der Waals surface area (Å²) in [6, 6.07) is 5.56. The fourth-order valence-corrected chi connectivity index (χ4v) is 2.18. The molecule has 1 aromatic heterocycles. The van der Waals surface area contributed by atoms with Gasteiger partial charge in [-0.25, -0.2) is 4.98 Å². The molecular formula is C11H14ClN3O2S. The maximum absolute atomic E-state index is 11.7. The molecule has 0 aliphatic heterocycles. The number of thiazole rings is 1. The molecule has 2 aromatic rings. The summed E-state index contributed by atoms with van der Waals surface area (Å²) in [7, 11) is 1.46. The van der Waals surface area contributed by atoms with Crippen LogP contribution in [-0.2, 0) is 9.53 Å². The van der Waals surface area contributed by atoms with E-state index in [2.05, 4.69) is 10.3 Å². The van der Waals surface area contributed by atoms with Crippen LogP contribution in [0.5, 0.6) is 0 Å². The Morgan fingerprint density at radius 2 is 2.39 bits per heavy atom. The lowest BCUT2D eigenvalue weighted by Gasteiger charge is -2.12. The third-order valence-electron chi connectivity index (χ3n) is 2.39. The Bertz CT molecular complexity index is 528. The van der Waals surface area contributed by atoms with Gasteiger partial charge in [-0.1, -0.05) is 0 Å². The van der Waals surface area contributed by atoms with Crippen LogP contribution in [0.1, 0.15) is 0 Å². The molecule has 1 atom stereocenters. The van der Waals surface area contributed by atoms with Gasteiger partial charge in [-0.3, -0.25) is 4.79 Å². The van der Waals surface area contributed by atoms with Crippen LogP contribution in [0.2, 0.25) is 0 Å². The van der Waals surface area contributed by atoms with E-state index in [9.17, 15) is 4.79 Å². The van der Waals surface area contributed by atoms with E-state index in [1.165, 1.54) is 18.4 Å². The molecule has 1 heterocycles. The Morgan fingerprint density at radius 1 is 1.61 bits per heavy atom. The van der Waals surface area contributed by atoms with Gasteiger partial charge >= 0.3 is 0 Å². The molecule has 0 saturated heterocycles. The lowest BCUT2D eigenvalue weighted by atomic mass is 10.2. The maximum Gasteiger partial charge on any atom is 0.254 e. The minimum atomic E-state index is -0.618. The van der Waals surface area contributed by atoms with Gasteiger partial charge in [-0.2, -0.15) is 0 Å². The number of benzene rings is 1. The van der Waals surface area contributed by atoms with Gasteiger partial charge in [0.15, 0.2) is 0 Å². The fraction of sp³-hybridized carbons (Fsp3) is 0.273. The van der Waals surface area contributed by atoms with Crippen molar-refractivity contribution in [1.82, 2.24) is 4.98 Å². The molecular weight excluding hydrogens is 274 g/mol. The van der Waals surface area contributed by atoms with Crippen molar-refractivity contribution in [3.05, 3.63) is 23.7 Å². The summed E-state index contributed by atoms with van der Waals surface area (Å²) in [6.07, 6.45) is -0.618. The number of nitrogens with one attached hydrogen (secondary N) is 1. The maximum atomic E-state index is 11.7. The molecule has 0 fully saturated rings. The number of nitrogens with zero attached hydrogens (tertiary/aromatic N) is 1. The summed E-state index contributed by atoms with van der Waals surface area (Å²) in [5, 5.41) is 2.76. The molecule has 0 radical (unpaired) electrons. The lowest BCUT2D eigenvalue weighted by molar-refractivity contribution is -0.125. The van der Waals surface area contributed by atoms with E-state index in [0.29, 0.717) is 0 Å². The van der Waals surface area contributed by atoms with Crippen LogP contribution in [0.15, 0.2) is 23.7 Å². The molecule has 0 aliphatic rings. The first-order valence-corrected chi connectivity index (χ1v) is 5.99. The molecule has 98 valence electrons. The number of methoxy groups -OCH3 is 1. The van der Waals surface area contributed by atoms with E-state index in [4.69, 9.17) is 10.5 Å². The van der Waals surface area contributed by atoms with Crippen molar-refractivity contribution < 1.29 is 9.53 Å². The first-order chi connectivity index (χ1) is 8.24. The van der Waals surface area contributed by atoms with Gasteiger partial charge in [-0.05, 0) is 18.2 Å². The van der Waals surface area contributed by atoms with Crippen LogP contribution >= 0.6 is 23.7 Å². The van der Waals surface area contributed by atoms with Gasteiger partial charge in [0.25, 0.3) is 5.91 Å². The number of aromatic nitrogens is 1. The quantitative estimate of drug-likeness (QED) is 0.896. The number of amides is 1. The number of anilines is 1. The smallest absolute Gasteiger partial charge is 0.254 e. The molecule has 2 rings (SSSR count). The van der Waals surface area contributed by atoms with Gasteiger partial charge in [0.05, 0.1) is 15.7 Å². The summed E-state index contributed by atoms with van der Waals surface area (Å²) in [5.41, 5.74) is 8.84. The summed E-state index contributed by atoms with van der Waals surface area (Å²) in [6.45, 7) is 0.158. The van der Waals surface area contributed by atoms with Crippen LogP contribution in [0.4, 0.5) is 5.69 Å². The van der Waals surface area contributed by atoms with E-state index >= 15 is 0 Å². The Kier molecular flexibility index (Phi) is 5.49. The highest BCUT2D eigenvalue weighted by atomic mass is 35.5. The number of fused-ring (bicyclic) bond motifs is 1. The molecule has 1 unspecified atom stereocenters. The highest BCUT2D eigenvalue weighted by molar-refractivity contribution is 7.16. The highest BCUT2D eigenvalue weighted by Gasteiger charge is 2.15. The first kappa shape index (κ1) is 14.8. The Morgan fingerprint density at radius 3 is 3.06 bits per heavy atom. The van der Waals surface area contributed by atoms with E-state index in [1.807, 2.05) is 18.2 Å². The Balaban J connectivity index is 0.00000162. The van der Waals surface area contributed by atoms with Crippen molar-refractivity contribution in [2.24, 2.45) is 5.73 Å². The third kappa shape index (κ3) is 3.17. The molecule has 0 aliphatic carbocycles. The van der Waals surface area contributed by atoms with Crippen molar-refractivity contribution in [3.8, 4) is 0 Å². The summed E-state index contributed by atoms with van der Waals surface area (Å²) in [4.78, 5) is 15.9. The molecule has 0 spiro atoms. The average molecular weight is 288 g/mol. The molecule has 18 heavy (non-hydrogen) atoms. The molecule has 0 saturated carbocycles. The predicted molar refractivity (Wildman–Crippen MR) is 75.3 cm³/mol. The van der Waals surface area contributed by atoms with Gasteiger partial charge in [0.1, 0.15) is 6.10 Å². The van der Waals surface area contributed by atoms with Gasteiger partial charge in [0.2, 0.25) is 0 Å². The monoisotopic (exact) mass is 287 g/mol. The highest BCUT2D eigenvalue weighted by Crippen LogP contribution is 2.21. The lowest BCUT2D eigenvalue weighted by Crippen LogP contribution is -2.35. The zero-order valence-electron chi connectivity index (χ0n) is 9.75. The SMILES string of the molecule is COC(CN)C(=O)Nc1ccc2ncsc2c1.Cl. The number of rotatable bonds is 4. The Hall–Kier alpha value is -1.21. The number of ether oxygens (including phenoxy) is 1. The average Bonchev–Trinajstić information content (AvgIpc) is 2.77. The Labute approximate surface area is 115 Å². The standard InChI is InChI=1S/C11H13N3O2S.ClH/c1-16-9(5-12)11(15)14-7-2-3-8-10(4-7)17-6-13-8;/h2-4,6,9H,5,12H2,1H3,(H,14,15);1H. The number of nitrogens with two attached hydrogens (primary N) is 1. The molecule has 5 nitrogen and oxygen atoms in total. The minimum Gasteiger partial charge on any atom is -0.370 e. The first-order valence-electron chi connectivity index (χ1n) is 5.11. The second kappa shape index (κ2) is 6.65.